The number of aryl methyl sites for hydroxylation is 1. The van der Waals surface area contributed by atoms with E-state index in [1.165, 1.54) is 6.42 Å². The van der Waals surface area contributed by atoms with E-state index in [2.05, 4.69) is 22.4 Å². The van der Waals surface area contributed by atoms with E-state index in [0.29, 0.717) is 5.92 Å². The lowest BCUT2D eigenvalue weighted by Crippen LogP contribution is -2.35. The van der Waals surface area contributed by atoms with E-state index in [9.17, 15) is 0 Å². The van der Waals surface area contributed by atoms with Crippen LogP contribution >= 0.6 is 0 Å². The fourth-order valence-electron chi connectivity index (χ4n) is 2.25. The third-order valence-electron chi connectivity index (χ3n) is 3.15. The smallest absolute Gasteiger partial charge is 0.155 e. The highest BCUT2D eigenvalue weighted by Gasteiger charge is 2.30. The Morgan fingerprint density at radius 3 is 2.86 bits per heavy atom. The molecule has 1 fully saturated rings. The van der Waals surface area contributed by atoms with Crippen LogP contribution in [0.1, 0.15) is 37.9 Å². The maximum absolute atomic E-state index is 6.09. The Morgan fingerprint density at radius 2 is 2.21 bits per heavy atom. The highest BCUT2D eigenvalue weighted by atomic mass is 15.5. The van der Waals surface area contributed by atoms with Gasteiger partial charge in [-0.05, 0) is 35.6 Å². The van der Waals surface area contributed by atoms with Crippen molar-refractivity contribution in [3.63, 3.8) is 0 Å². The second-order valence-electron chi connectivity index (χ2n) is 4.35. The van der Waals surface area contributed by atoms with E-state index in [1.807, 2.05) is 7.05 Å². The van der Waals surface area contributed by atoms with E-state index in [0.717, 1.165) is 24.6 Å². The van der Waals surface area contributed by atoms with Gasteiger partial charge in [0.05, 0.1) is 0 Å². The topological polar surface area (TPSA) is 69.6 Å². The lowest BCUT2D eigenvalue weighted by atomic mass is 9.79. The Bertz CT molecular complexity index is 308. The molecule has 0 aromatic carbocycles. The number of hydrogen-bond donors (Lipinski definition) is 1. The molecule has 5 nitrogen and oxygen atoms in total. The molecule has 0 aliphatic heterocycles. The van der Waals surface area contributed by atoms with E-state index >= 15 is 0 Å². The summed E-state index contributed by atoms with van der Waals surface area (Å²) in [4.78, 5) is 0. The Balaban J connectivity index is 2.20. The van der Waals surface area contributed by atoms with Gasteiger partial charge in [-0.3, -0.25) is 0 Å². The molecular formula is C9H17N5. The van der Waals surface area contributed by atoms with Crippen molar-refractivity contribution in [3.05, 3.63) is 5.82 Å². The van der Waals surface area contributed by atoms with Gasteiger partial charge in [-0.2, -0.15) is 0 Å². The zero-order chi connectivity index (χ0) is 10.1. The van der Waals surface area contributed by atoms with E-state index < -0.39 is 0 Å². The minimum Gasteiger partial charge on any atom is -0.327 e. The van der Waals surface area contributed by atoms with Gasteiger partial charge in [0.15, 0.2) is 5.82 Å². The minimum absolute atomic E-state index is 0.218. The number of hydrogen-bond acceptors (Lipinski definition) is 4. The Hall–Kier alpha value is -0.970. The molecule has 0 spiro atoms. The molecule has 1 aliphatic rings. The average molecular weight is 195 g/mol. The quantitative estimate of drug-likeness (QED) is 0.706. The number of rotatable bonds is 1. The van der Waals surface area contributed by atoms with Crippen LogP contribution in [-0.4, -0.2) is 26.2 Å². The van der Waals surface area contributed by atoms with Crippen molar-refractivity contribution in [3.8, 4) is 0 Å². The standard InChI is InChI=1S/C9H17N5/c1-6-3-4-8(10)7(5-6)9-11-12-13-14(9)2/h6-8H,3-5,10H2,1-2H3. The lowest BCUT2D eigenvalue weighted by molar-refractivity contribution is 0.293. The summed E-state index contributed by atoms with van der Waals surface area (Å²) in [5.74, 6) is 2.00. The average Bonchev–Trinajstić information content (AvgIpc) is 2.56. The van der Waals surface area contributed by atoms with Crippen molar-refractivity contribution in [1.82, 2.24) is 20.2 Å². The monoisotopic (exact) mass is 195 g/mol. The molecule has 2 N–H and O–H groups in total. The third kappa shape index (κ3) is 1.64. The minimum atomic E-state index is 0.218. The summed E-state index contributed by atoms with van der Waals surface area (Å²) in [5, 5.41) is 11.6. The molecule has 1 heterocycles. The second kappa shape index (κ2) is 3.65. The van der Waals surface area contributed by atoms with Crippen molar-refractivity contribution >= 4 is 0 Å². The van der Waals surface area contributed by atoms with Gasteiger partial charge in [0.25, 0.3) is 0 Å². The van der Waals surface area contributed by atoms with Crippen LogP contribution in [0, 0.1) is 5.92 Å². The Kier molecular flexibility index (Phi) is 2.50. The Labute approximate surface area is 83.7 Å². The molecule has 1 aromatic heterocycles. The van der Waals surface area contributed by atoms with Crippen LogP contribution in [0.4, 0.5) is 0 Å². The number of aromatic nitrogens is 4. The van der Waals surface area contributed by atoms with E-state index in [4.69, 9.17) is 5.73 Å². The number of nitrogens with zero attached hydrogens (tertiary/aromatic N) is 4. The van der Waals surface area contributed by atoms with E-state index in [1.54, 1.807) is 4.68 Å². The first-order valence-corrected chi connectivity index (χ1v) is 5.16. The van der Waals surface area contributed by atoms with Gasteiger partial charge >= 0.3 is 0 Å². The fourth-order valence-corrected chi connectivity index (χ4v) is 2.25. The summed E-state index contributed by atoms with van der Waals surface area (Å²) in [7, 11) is 1.88. The summed E-state index contributed by atoms with van der Waals surface area (Å²) < 4.78 is 1.74. The van der Waals surface area contributed by atoms with Crippen molar-refractivity contribution in [2.24, 2.45) is 18.7 Å². The van der Waals surface area contributed by atoms with E-state index in [-0.39, 0.29) is 6.04 Å². The molecule has 3 atom stereocenters. The largest absolute Gasteiger partial charge is 0.327 e. The van der Waals surface area contributed by atoms with Gasteiger partial charge in [0, 0.05) is 19.0 Å². The molecule has 0 saturated heterocycles. The fraction of sp³-hybridized carbons (Fsp3) is 0.889. The molecule has 1 aliphatic carbocycles. The first kappa shape index (κ1) is 9.58. The van der Waals surface area contributed by atoms with Crippen LogP contribution in [-0.2, 0) is 7.05 Å². The van der Waals surface area contributed by atoms with Crippen molar-refractivity contribution in [2.45, 2.75) is 38.1 Å². The summed E-state index contributed by atoms with van der Waals surface area (Å²) in [6.07, 6.45) is 3.41. The summed E-state index contributed by atoms with van der Waals surface area (Å²) >= 11 is 0. The van der Waals surface area contributed by atoms with Crippen LogP contribution in [0.15, 0.2) is 0 Å². The highest BCUT2D eigenvalue weighted by Crippen LogP contribution is 2.33. The van der Waals surface area contributed by atoms with Crippen LogP contribution in [0.2, 0.25) is 0 Å². The summed E-state index contributed by atoms with van der Waals surface area (Å²) in [5.41, 5.74) is 6.09. The molecule has 0 radical (unpaired) electrons. The van der Waals surface area contributed by atoms with Gasteiger partial charge in [-0.15, -0.1) is 5.10 Å². The normalized spacial score (nSPS) is 33.2. The molecule has 14 heavy (non-hydrogen) atoms. The molecule has 78 valence electrons. The molecule has 3 unspecified atom stereocenters. The highest BCUT2D eigenvalue weighted by molar-refractivity contribution is 5.01. The molecular weight excluding hydrogens is 178 g/mol. The number of tetrazole rings is 1. The predicted octanol–water partition coefficient (Wildman–Crippen LogP) is 0.441. The first-order chi connectivity index (χ1) is 6.68. The van der Waals surface area contributed by atoms with Crippen molar-refractivity contribution in [2.75, 3.05) is 0 Å². The number of nitrogens with two attached hydrogens (primary N) is 1. The van der Waals surface area contributed by atoms with Crippen LogP contribution in [0.5, 0.6) is 0 Å². The molecule has 1 aromatic rings. The van der Waals surface area contributed by atoms with Crippen LogP contribution in [0.3, 0.4) is 0 Å². The maximum Gasteiger partial charge on any atom is 0.155 e. The molecule has 5 heteroatoms. The van der Waals surface area contributed by atoms with Gasteiger partial charge in [0.2, 0.25) is 0 Å². The van der Waals surface area contributed by atoms with Crippen molar-refractivity contribution < 1.29 is 0 Å². The second-order valence-corrected chi connectivity index (χ2v) is 4.35. The predicted molar refractivity (Wildman–Crippen MR) is 52.5 cm³/mol. The Morgan fingerprint density at radius 1 is 1.43 bits per heavy atom. The van der Waals surface area contributed by atoms with Crippen LogP contribution in [0.25, 0.3) is 0 Å². The first-order valence-electron chi connectivity index (χ1n) is 5.16. The maximum atomic E-state index is 6.09. The van der Waals surface area contributed by atoms with Gasteiger partial charge in [0.1, 0.15) is 0 Å². The van der Waals surface area contributed by atoms with Gasteiger partial charge in [-0.1, -0.05) is 6.92 Å². The third-order valence-corrected chi connectivity index (χ3v) is 3.15. The molecule has 0 amide bonds. The molecule has 1 saturated carbocycles. The van der Waals surface area contributed by atoms with Gasteiger partial charge in [-0.25, -0.2) is 4.68 Å². The zero-order valence-electron chi connectivity index (χ0n) is 8.72. The lowest BCUT2D eigenvalue weighted by Gasteiger charge is -2.31. The zero-order valence-corrected chi connectivity index (χ0v) is 8.72. The van der Waals surface area contributed by atoms with Crippen molar-refractivity contribution in [1.29, 1.82) is 0 Å². The van der Waals surface area contributed by atoms with Gasteiger partial charge < -0.3 is 5.73 Å². The summed E-state index contributed by atoms with van der Waals surface area (Å²) in [6.45, 7) is 2.27. The van der Waals surface area contributed by atoms with Crippen LogP contribution < -0.4 is 5.73 Å². The molecule has 0 bridgehead atoms. The summed E-state index contributed by atoms with van der Waals surface area (Å²) in [6, 6.07) is 0.218. The molecule has 2 rings (SSSR count). The SMILES string of the molecule is CC1CCC(N)C(c2nnnn2C)C1.